The van der Waals surface area contributed by atoms with Gasteiger partial charge in [0.05, 0.1) is 23.9 Å². The van der Waals surface area contributed by atoms with Crippen molar-refractivity contribution >= 4 is 23.0 Å². The van der Waals surface area contributed by atoms with E-state index in [-0.39, 0.29) is 18.2 Å². The van der Waals surface area contributed by atoms with Gasteiger partial charge in [0.15, 0.2) is 5.11 Å². The first-order valence-electron chi connectivity index (χ1n) is 11.2. The molecular weight excluding hydrogens is 416 g/mol. The SMILES string of the molecule is Cc1cc([C@H]2[C@H](c3ccccn3)NC(=S)N2c2ccc(OC(C)C)cc2)c(C)n1C(C)C. The molecule has 0 radical (unpaired) electrons. The number of ether oxygens (including phenoxy) is 1. The van der Waals surface area contributed by atoms with E-state index in [1.165, 1.54) is 17.0 Å². The Labute approximate surface area is 196 Å². The molecule has 1 fully saturated rings. The zero-order chi connectivity index (χ0) is 23.0. The van der Waals surface area contributed by atoms with Crippen molar-refractivity contribution in [3.8, 4) is 5.75 Å². The minimum atomic E-state index is -0.0450. The Bertz CT molecular complexity index is 1090. The highest BCUT2D eigenvalue weighted by Crippen LogP contribution is 2.44. The predicted molar refractivity (Wildman–Crippen MR) is 134 cm³/mol. The summed E-state index contributed by atoms with van der Waals surface area (Å²) in [5.41, 5.74) is 5.81. The molecule has 0 spiro atoms. The van der Waals surface area contributed by atoms with Crippen LogP contribution < -0.4 is 15.0 Å². The van der Waals surface area contributed by atoms with Gasteiger partial charge in [-0.3, -0.25) is 4.98 Å². The van der Waals surface area contributed by atoms with Crippen LogP contribution in [0.25, 0.3) is 0 Å². The summed E-state index contributed by atoms with van der Waals surface area (Å²) in [7, 11) is 0. The maximum absolute atomic E-state index is 5.86. The first-order chi connectivity index (χ1) is 15.3. The van der Waals surface area contributed by atoms with Crippen LogP contribution in [0.5, 0.6) is 5.75 Å². The average molecular weight is 449 g/mol. The average Bonchev–Trinajstić information content (AvgIpc) is 3.24. The Kier molecular flexibility index (Phi) is 6.24. The van der Waals surface area contributed by atoms with Crippen molar-refractivity contribution in [2.75, 3.05) is 4.90 Å². The predicted octanol–water partition coefficient (Wildman–Crippen LogP) is 6.05. The molecule has 5 nitrogen and oxygen atoms in total. The van der Waals surface area contributed by atoms with Crippen LogP contribution in [0.3, 0.4) is 0 Å². The van der Waals surface area contributed by atoms with Gasteiger partial charge in [0.2, 0.25) is 0 Å². The highest BCUT2D eigenvalue weighted by atomic mass is 32.1. The van der Waals surface area contributed by atoms with Gasteiger partial charge in [0, 0.05) is 29.3 Å². The number of nitrogens with zero attached hydrogens (tertiary/aromatic N) is 3. The van der Waals surface area contributed by atoms with Crippen molar-refractivity contribution in [2.45, 2.75) is 65.8 Å². The second-order valence-corrected chi connectivity index (χ2v) is 9.33. The summed E-state index contributed by atoms with van der Waals surface area (Å²) in [5, 5.41) is 4.26. The molecular formula is C26H32N4OS. The number of rotatable bonds is 6. The molecule has 1 N–H and O–H groups in total. The third-order valence-corrected chi connectivity index (χ3v) is 6.26. The normalized spacial score (nSPS) is 18.5. The van der Waals surface area contributed by atoms with Gasteiger partial charge in [0.1, 0.15) is 5.75 Å². The number of aryl methyl sites for hydroxylation is 1. The molecule has 1 aliphatic heterocycles. The molecule has 0 amide bonds. The molecule has 0 unspecified atom stereocenters. The number of nitrogens with one attached hydrogen (secondary N) is 1. The first kappa shape index (κ1) is 22.3. The van der Waals surface area contributed by atoms with E-state index >= 15 is 0 Å². The smallest absolute Gasteiger partial charge is 0.174 e. The van der Waals surface area contributed by atoms with Gasteiger partial charge in [-0.25, -0.2) is 0 Å². The Balaban J connectivity index is 1.81. The molecule has 1 aromatic carbocycles. The largest absolute Gasteiger partial charge is 0.491 e. The number of hydrogen-bond acceptors (Lipinski definition) is 3. The van der Waals surface area contributed by atoms with Gasteiger partial charge >= 0.3 is 0 Å². The number of thiocarbonyl (C=S) groups is 1. The van der Waals surface area contributed by atoms with Crippen LogP contribution in [0.15, 0.2) is 54.7 Å². The van der Waals surface area contributed by atoms with E-state index in [0.717, 1.165) is 17.1 Å². The molecule has 0 saturated carbocycles. The minimum Gasteiger partial charge on any atom is -0.491 e. The summed E-state index contributed by atoms with van der Waals surface area (Å²) in [4.78, 5) is 6.89. The Morgan fingerprint density at radius 2 is 1.75 bits per heavy atom. The van der Waals surface area contributed by atoms with E-state index in [9.17, 15) is 0 Å². The maximum Gasteiger partial charge on any atom is 0.174 e. The van der Waals surface area contributed by atoms with Crippen molar-refractivity contribution < 1.29 is 4.74 Å². The van der Waals surface area contributed by atoms with E-state index in [0.29, 0.717) is 11.2 Å². The van der Waals surface area contributed by atoms with Crippen LogP contribution in [0.4, 0.5) is 5.69 Å². The van der Waals surface area contributed by atoms with Crippen LogP contribution in [0.1, 0.15) is 68.5 Å². The Hall–Kier alpha value is -2.86. The summed E-state index contributed by atoms with van der Waals surface area (Å²) in [6.45, 7) is 12.9. The number of hydrogen-bond donors (Lipinski definition) is 1. The summed E-state index contributed by atoms with van der Waals surface area (Å²) >= 11 is 5.86. The molecule has 0 aliphatic carbocycles. The van der Waals surface area contributed by atoms with Crippen molar-refractivity contribution in [1.82, 2.24) is 14.9 Å². The zero-order valence-corrected chi connectivity index (χ0v) is 20.5. The van der Waals surface area contributed by atoms with E-state index in [1.54, 1.807) is 0 Å². The monoisotopic (exact) mass is 448 g/mol. The molecule has 3 aromatic rings. The lowest BCUT2D eigenvalue weighted by Gasteiger charge is -2.28. The number of pyridine rings is 1. The zero-order valence-electron chi connectivity index (χ0n) is 19.7. The molecule has 2 aromatic heterocycles. The molecule has 32 heavy (non-hydrogen) atoms. The molecule has 2 atom stereocenters. The van der Waals surface area contributed by atoms with Gasteiger partial charge in [-0.2, -0.15) is 0 Å². The highest BCUT2D eigenvalue weighted by molar-refractivity contribution is 7.80. The van der Waals surface area contributed by atoms with Gasteiger partial charge in [-0.05, 0) is 102 Å². The molecule has 168 valence electrons. The minimum absolute atomic E-state index is 0.00651. The standard InChI is InChI=1S/C26H32N4OS/c1-16(2)29-18(5)15-22(19(29)6)25-24(23-9-7-8-14-27-23)28-26(32)30(25)20-10-12-21(13-11-20)31-17(3)4/h7-17,24-25H,1-6H3,(H,28,32)/t24-,25-/m0/s1. The quantitative estimate of drug-likeness (QED) is 0.465. The third-order valence-electron chi connectivity index (χ3n) is 5.94. The molecule has 4 rings (SSSR count). The maximum atomic E-state index is 5.86. The lowest BCUT2D eigenvalue weighted by molar-refractivity contribution is 0.242. The Morgan fingerprint density at radius 1 is 1.03 bits per heavy atom. The molecule has 1 saturated heterocycles. The fourth-order valence-electron chi connectivity index (χ4n) is 4.80. The lowest BCUT2D eigenvalue weighted by Crippen LogP contribution is -2.29. The van der Waals surface area contributed by atoms with Crippen LogP contribution in [0, 0.1) is 13.8 Å². The summed E-state index contributed by atoms with van der Waals surface area (Å²) in [5.74, 6) is 0.859. The lowest BCUT2D eigenvalue weighted by atomic mass is 9.96. The number of anilines is 1. The first-order valence-corrected chi connectivity index (χ1v) is 11.6. The molecule has 3 heterocycles. The van der Waals surface area contributed by atoms with E-state index < -0.39 is 0 Å². The van der Waals surface area contributed by atoms with Crippen LogP contribution in [-0.2, 0) is 0 Å². The fourth-order valence-corrected chi connectivity index (χ4v) is 5.15. The van der Waals surface area contributed by atoms with Crippen LogP contribution >= 0.6 is 12.2 Å². The van der Waals surface area contributed by atoms with Gasteiger partial charge in [0.25, 0.3) is 0 Å². The van der Waals surface area contributed by atoms with Gasteiger partial charge in [-0.1, -0.05) is 6.07 Å². The van der Waals surface area contributed by atoms with Crippen molar-refractivity contribution in [1.29, 1.82) is 0 Å². The molecule has 6 heteroatoms. The second-order valence-electron chi connectivity index (χ2n) is 8.95. The number of benzene rings is 1. The van der Waals surface area contributed by atoms with Crippen molar-refractivity contribution in [3.05, 3.63) is 77.4 Å². The van der Waals surface area contributed by atoms with Gasteiger partial charge in [-0.15, -0.1) is 0 Å². The van der Waals surface area contributed by atoms with Crippen LogP contribution in [0.2, 0.25) is 0 Å². The molecule has 0 bridgehead atoms. The Morgan fingerprint density at radius 3 is 2.31 bits per heavy atom. The summed E-state index contributed by atoms with van der Waals surface area (Å²) in [6.07, 6.45) is 1.98. The van der Waals surface area contributed by atoms with E-state index in [4.69, 9.17) is 17.0 Å². The van der Waals surface area contributed by atoms with Gasteiger partial charge < -0.3 is 19.5 Å². The topological polar surface area (TPSA) is 42.3 Å². The fraction of sp³-hybridized carbons (Fsp3) is 0.385. The highest BCUT2D eigenvalue weighted by Gasteiger charge is 2.42. The van der Waals surface area contributed by atoms with E-state index in [2.05, 4.69) is 71.7 Å². The van der Waals surface area contributed by atoms with E-state index in [1.807, 2.05) is 44.3 Å². The second kappa shape index (κ2) is 8.94. The number of aromatic nitrogens is 2. The van der Waals surface area contributed by atoms with Crippen LogP contribution in [-0.4, -0.2) is 20.8 Å². The van der Waals surface area contributed by atoms with Crippen molar-refractivity contribution in [3.63, 3.8) is 0 Å². The molecule has 1 aliphatic rings. The third kappa shape index (κ3) is 4.11. The van der Waals surface area contributed by atoms with Crippen molar-refractivity contribution in [2.24, 2.45) is 0 Å². The summed E-state index contributed by atoms with van der Waals surface area (Å²) in [6, 6.07) is 16.9. The summed E-state index contributed by atoms with van der Waals surface area (Å²) < 4.78 is 8.24.